The molecular formula is C19H18N4. The van der Waals surface area contributed by atoms with E-state index in [9.17, 15) is 0 Å². The second kappa shape index (κ2) is 5.39. The van der Waals surface area contributed by atoms with Crippen molar-refractivity contribution in [3.63, 3.8) is 0 Å². The highest BCUT2D eigenvalue weighted by Crippen LogP contribution is 2.42. The van der Waals surface area contributed by atoms with Crippen LogP contribution in [-0.2, 0) is 0 Å². The first-order valence-corrected chi connectivity index (χ1v) is 7.73. The van der Waals surface area contributed by atoms with E-state index in [1.54, 1.807) is 0 Å². The van der Waals surface area contributed by atoms with Gasteiger partial charge in [-0.05, 0) is 37.6 Å². The third kappa shape index (κ3) is 2.32. The normalized spacial score (nSPS) is 13.3. The number of aromatic nitrogens is 2. The molecule has 0 atom stereocenters. The van der Waals surface area contributed by atoms with E-state index in [-0.39, 0.29) is 0 Å². The lowest BCUT2D eigenvalue weighted by Gasteiger charge is -2.22. The third-order valence-electron chi connectivity index (χ3n) is 4.12. The molecule has 0 saturated carbocycles. The summed E-state index contributed by atoms with van der Waals surface area (Å²) in [6.45, 7) is 4.82. The number of aryl methyl sites for hydroxylation is 2. The van der Waals surface area contributed by atoms with Crippen LogP contribution < -0.4 is 9.80 Å². The standard InChI is InChI=1S/C19H18N4/c1-14-8-6-7-11-17(14)23-13-22(16-9-4-3-5-10-16)19-18(23)20-12-15(2)21-19/h3-12H,13H2,1-2H3. The highest BCUT2D eigenvalue weighted by Gasteiger charge is 2.31. The number of benzene rings is 2. The lowest BCUT2D eigenvalue weighted by Crippen LogP contribution is -2.24. The maximum absolute atomic E-state index is 4.74. The van der Waals surface area contributed by atoms with Crippen LogP contribution in [0.25, 0.3) is 0 Å². The maximum atomic E-state index is 4.74. The van der Waals surface area contributed by atoms with Crippen LogP contribution in [0, 0.1) is 13.8 Å². The summed E-state index contributed by atoms with van der Waals surface area (Å²) >= 11 is 0. The molecule has 2 heterocycles. The summed E-state index contributed by atoms with van der Waals surface area (Å²) in [6, 6.07) is 18.7. The number of hydrogen-bond acceptors (Lipinski definition) is 4. The highest BCUT2D eigenvalue weighted by molar-refractivity contribution is 5.82. The predicted molar refractivity (Wildman–Crippen MR) is 93.5 cm³/mol. The molecule has 1 aromatic heterocycles. The summed E-state index contributed by atoms with van der Waals surface area (Å²) in [7, 11) is 0. The molecule has 1 aliphatic heterocycles. The Morgan fingerprint density at radius 3 is 2.35 bits per heavy atom. The summed E-state index contributed by atoms with van der Waals surface area (Å²) in [5, 5.41) is 0. The first-order valence-electron chi connectivity index (χ1n) is 7.73. The van der Waals surface area contributed by atoms with E-state index in [1.165, 1.54) is 11.3 Å². The lowest BCUT2D eigenvalue weighted by atomic mass is 10.2. The fraction of sp³-hybridized carbons (Fsp3) is 0.158. The van der Waals surface area contributed by atoms with Gasteiger partial charge in [0.05, 0.1) is 11.9 Å². The molecule has 0 spiro atoms. The first-order chi connectivity index (χ1) is 11.2. The predicted octanol–water partition coefficient (Wildman–Crippen LogP) is 4.34. The third-order valence-corrected chi connectivity index (χ3v) is 4.12. The van der Waals surface area contributed by atoms with Crippen LogP contribution in [0.2, 0.25) is 0 Å². The van der Waals surface area contributed by atoms with Crippen molar-refractivity contribution in [2.45, 2.75) is 13.8 Å². The van der Waals surface area contributed by atoms with Crippen LogP contribution in [-0.4, -0.2) is 16.6 Å². The van der Waals surface area contributed by atoms with Gasteiger partial charge in [-0.25, -0.2) is 9.97 Å². The molecule has 3 aromatic rings. The number of para-hydroxylation sites is 2. The molecule has 0 saturated heterocycles. The second-order valence-electron chi connectivity index (χ2n) is 5.78. The summed E-state index contributed by atoms with van der Waals surface area (Å²) in [4.78, 5) is 13.8. The Hall–Kier alpha value is -2.88. The van der Waals surface area contributed by atoms with Crippen LogP contribution in [0.3, 0.4) is 0 Å². The summed E-state index contributed by atoms with van der Waals surface area (Å²) < 4.78 is 0. The molecule has 1 aliphatic rings. The van der Waals surface area contributed by atoms with Gasteiger partial charge in [0.15, 0.2) is 11.6 Å². The topological polar surface area (TPSA) is 32.3 Å². The first kappa shape index (κ1) is 13.8. The molecular weight excluding hydrogens is 284 g/mol. The van der Waals surface area contributed by atoms with Crippen LogP contribution in [0.5, 0.6) is 0 Å². The second-order valence-corrected chi connectivity index (χ2v) is 5.78. The van der Waals surface area contributed by atoms with Gasteiger partial charge in [0.1, 0.15) is 6.67 Å². The minimum absolute atomic E-state index is 0.716. The largest absolute Gasteiger partial charge is 0.305 e. The van der Waals surface area contributed by atoms with Crippen LogP contribution >= 0.6 is 0 Å². The van der Waals surface area contributed by atoms with E-state index in [0.29, 0.717) is 6.67 Å². The number of nitrogens with zero attached hydrogens (tertiary/aromatic N) is 4. The Balaban J connectivity index is 1.85. The van der Waals surface area contributed by atoms with E-state index in [2.05, 4.69) is 70.2 Å². The van der Waals surface area contributed by atoms with Crippen molar-refractivity contribution in [1.82, 2.24) is 9.97 Å². The van der Waals surface area contributed by atoms with Crippen molar-refractivity contribution in [3.8, 4) is 0 Å². The average Bonchev–Trinajstić information content (AvgIpc) is 2.94. The zero-order valence-electron chi connectivity index (χ0n) is 13.3. The minimum Gasteiger partial charge on any atom is -0.305 e. The monoisotopic (exact) mass is 302 g/mol. The molecule has 23 heavy (non-hydrogen) atoms. The molecule has 0 unspecified atom stereocenters. The van der Waals surface area contributed by atoms with Crippen molar-refractivity contribution in [1.29, 1.82) is 0 Å². The molecule has 4 nitrogen and oxygen atoms in total. The van der Waals surface area contributed by atoms with Gasteiger partial charge in [0.2, 0.25) is 0 Å². The molecule has 0 N–H and O–H groups in total. The highest BCUT2D eigenvalue weighted by atomic mass is 15.4. The van der Waals surface area contributed by atoms with E-state index >= 15 is 0 Å². The van der Waals surface area contributed by atoms with Crippen LogP contribution in [0.1, 0.15) is 11.3 Å². The van der Waals surface area contributed by atoms with Crippen molar-refractivity contribution >= 4 is 23.0 Å². The molecule has 4 heteroatoms. The number of anilines is 4. The molecule has 0 amide bonds. The number of rotatable bonds is 2. The summed E-state index contributed by atoms with van der Waals surface area (Å²) in [5.74, 6) is 1.83. The molecule has 0 radical (unpaired) electrons. The maximum Gasteiger partial charge on any atom is 0.178 e. The van der Waals surface area contributed by atoms with Gasteiger partial charge in [0, 0.05) is 11.4 Å². The van der Waals surface area contributed by atoms with Gasteiger partial charge in [0.25, 0.3) is 0 Å². The summed E-state index contributed by atoms with van der Waals surface area (Å²) in [5.41, 5.74) is 4.46. The number of fused-ring (bicyclic) bond motifs is 1. The summed E-state index contributed by atoms with van der Waals surface area (Å²) in [6.07, 6.45) is 1.83. The zero-order chi connectivity index (χ0) is 15.8. The molecule has 114 valence electrons. The van der Waals surface area contributed by atoms with Gasteiger partial charge >= 0.3 is 0 Å². The van der Waals surface area contributed by atoms with Gasteiger partial charge < -0.3 is 9.80 Å². The van der Waals surface area contributed by atoms with Crippen molar-refractivity contribution in [2.75, 3.05) is 16.5 Å². The van der Waals surface area contributed by atoms with Gasteiger partial charge in [-0.1, -0.05) is 36.4 Å². The van der Waals surface area contributed by atoms with E-state index in [1.807, 2.05) is 19.2 Å². The average molecular weight is 302 g/mol. The smallest absolute Gasteiger partial charge is 0.178 e. The van der Waals surface area contributed by atoms with Crippen LogP contribution in [0.15, 0.2) is 60.8 Å². The molecule has 0 aliphatic carbocycles. The number of hydrogen-bond donors (Lipinski definition) is 0. The van der Waals surface area contributed by atoms with E-state index in [4.69, 9.17) is 4.98 Å². The van der Waals surface area contributed by atoms with Crippen molar-refractivity contribution in [3.05, 3.63) is 72.1 Å². The Bertz CT molecular complexity index is 845. The van der Waals surface area contributed by atoms with E-state index < -0.39 is 0 Å². The Kier molecular flexibility index (Phi) is 3.23. The van der Waals surface area contributed by atoms with Crippen molar-refractivity contribution in [2.24, 2.45) is 0 Å². The Morgan fingerprint density at radius 1 is 0.826 bits per heavy atom. The molecule has 0 bridgehead atoms. The van der Waals surface area contributed by atoms with Crippen molar-refractivity contribution < 1.29 is 0 Å². The zero-order valence-corrected chi connectivity index (χ0v) is 13.3. The Labute approximate surface area is 136 Å². The van der Waals surface area contributed by atoms with Gasteiger partial charge in [-0.3, -0.25) is 0 Å². The lowest BCUT2D eigenvalue weighted by molar-refractivity contribution is 0.970. The van der Waals surface area contributed by atoms with Gasteiger partial charge in [-0.2, -0.15) is 0 Å². The minimum atomic E-state index is 0.716. The fourth-order valence-electron chi connectivity index (χ4n) is 2.97. The quantitative estimate of drug-likeness (QED) is 0.705. The van der Waals surface area contributed by atoms with Gasteiger partial charge in [-0.15, -0.1) is 0 Å². The van der Waals surface area contributed by atoms with E-state index in [0.717, 1.165) is 23.0 Å². The molecule has 4 rings (SSSR count). The molecule has 2 aromatic carbocycles. The fourth-order valence-corrected chi connectivity index (χ4v) is 2.97. The molecule has 0 fully saturated rings. The SMILES string of the molecule is Cc1cnc2c(n1)N(c1ccccc1)CN2c1ccccc1C. The van der Waals surface area contributed by atoms with Crippen LogP contribution in [0.4, 0.5) is 23.0 Å². The Morgan fingerprint density at radius 2 is 1.57 bits per heavy atom.